The molecule has 0 fully saturated rings. The van der Waals surface area contributed by atoms with Crippen molar-refractivity contribution in [1.82, 2.24) is 0 Å². The van der Waals surface area contributed by atoms with Gasteiger partial charge in [-0.2, -0.15) is 9.98 Å². The number of ether oxygens (including phenoxy) is 1. The van der Waals surface area contributed by atoms with Crippen molar-refractivity contribution in [2.24, 2.45) is 20.0 Å². The van der Waals surface area contributed by atoms with Crippen LogP contribution in [0.2, 0.25) is 0 Å². The molecule has 6 heteroatoms. The van der Waals surface area contributed by atoms with Crippen LogP contribution >= 0.6 is 11.6 Å². The number of aliphatic imine (C=N–C) groups is 4. The van der Waals surface area contributed by atoms with Gasteiger partial charge in [0.15, 0.2) is 0 Å². The van der Waals surface area contributed by atoms with Gasteiger partial charge in [-0.3, -0.25) is 0 Å². The van der Waals surface area contributed by atoms with Crippen LogP contribution < -0.4 is 0 Å². The molecular weight excluding hydrogens is 192 g/mol. The van der Waals surface area contributed by atoms with E-state index in [1.165, 1.54) is 12.6 Å². The van der Waals surface area contributed by atoms with Crippen molar-refractivity contribution in [3.63, 3.8) is 0 Å². The van der Waals surface area contributed by atoms with Gasteiger partial charge in [0.2, 0.25) is 0 Å². The summed E-state index contributed by atoms with van der Waals surface area (Å²) in [6.45, 7) is 2.35. The van der Waals surface area contributed by atoms with Gasteiger partial charge in [0.05, 0.1) is 12.8 Å². The zero-order valence-corrected chi connectivity index (χ0v) is 7.69. The summed E-state index contributed by atoms with van der Waals surface area (Å²) < 4.78 is 5.10. The quantitative estimate of drug-likeness (QED) is 0.455. The van der Waals surface area contributed by atoms with E-state index in [4.69, 9.17) is 16.3 Å². The molecule has 1 atom stereocenters. The third-order valence-electron chi connectivity index (χ3n) is 1.55. The van der Waals surface area contributed by atoms with Crippen molar-refractivity contribution in [2.75, 3.05) is 6.61 Å². The number of nitrogens with zero attached hydrogens (tertiary/aromatic N) is 4. The summed E-state index contributed by atoms with van der Waals surface area (Å²) in [7, 11) is 0. The normalized spacial score (nSPS) is 29.7. The Labute approximate surface area is 79.9 Å². The molecule has 0 amide bonds. The van der Waals surface area contributed by atoms with Crippen LogP contribution in [0, 0.1) is 0 Å². The molecule has 68 valence electrons. The molecule has 0 N–H and O–H groups in total. The monoisotopic (exact) mass is 198 g/mol. The number of hydrogen-bond acceptors (Lipinski definition) is 5. The summed E-state index contributed by atoms with van der Waals surface area (Å²) >= 11 is 6.02. The maximum Gasteiger partial charge on any atom is 0.315 e. The van der Waals surface area contributed by atoms with E-state index in [9.17, 15) is 0 Å². The second-order valence-corrected chi connectivity index (χ2v) is 2.96. The minimum Gasteiger partial charge on any atom is -0.464 e. The van der Waals surface area contributed by atoms with Crippen LogP contribution in [0.4, 0.5) is 0 Å². The second-order valence-electron chi connectivity index (χ2n) is 2.43. The van der Waals surface area contributed by atoms with Crippen molar-refractivity contribution in [1.29, 1.82) is 0 Å². The predicted octanol–water partition coefficient (Wildman–Crippen LogP) is 0.839. The van der Waals surface area contributed by atoms with E-state index >= 15 is 0 Å². The second kappa shape index (κ2) is 2.92. The molecule has 0 spiro atoms. The molecule has 0 saturated heterocycles. The van der Waals surface area contributed by atoms with Crippen LogP contribution in [0.1, 0.15) is 6.92 Å². The van der Waals surface area contributed by atoms with Gasteiger partial charge in [0.25, 0.3) is 5.12 Å². The van der Waals surface area contributed by atoms with E-state index in [-0.39, 0.29) is 6.02 Å². The highest BCUT2D eigenvalue weighted by molar-refractivity contribution is 6.53. The highest BCUT2D eigenvalue weighted by Crippen LogP contribution is 2.27. The summed E-state index contributed by atoms with van der Waals surface area (Å²) in [5, 5.41) is -1.13. The SMILES string of the molecule is CCOC1=NC2(Cl)N=CN=CC2=N1. The van der Waals surface area contributed by atoms with Gasteiger partial charge in [-0.1, -0.05) is 11.6 Å². The molecule has 0 bridgehead atoms. The maximum absolute atomic E-state index is 6.02. The third kappa shape index (κ3) is 1.35. The summed E-state index contributed by atoms with van der Waals surface area (Å²) in [6, 6.07) is 0.262. The number of alkyl halides is 1. The minimum atomic E-state index is -1.13. The van der Waals surface area contributed by atoms with Crippen LogP contribution in [-0.4, -0.2) is 36.0 Å². The molecular formula is C7H7ClN4O. The van der Waals surface area contributed by atoms with Crippen LogP contribution in [0.15, 0.2) is 20.0 Å². The molecule has 0 aliphatic carbocycles. The molecule has 2 aliphatic rings. The first-order valence-corrected chi connectivity index (χ1v) is 4.20. The highest BCUT2D eigenvalue weighted by Gasteiger charge is 2.38. The summed E-state index contributed by atoms with van der Waals surface area (Å²) in [6.07, 6.45) is 2.87. The number of halogens is 1. The molecule has 0 saturated carbocycles. The Kier molecular flexibility index (Phi) is 1.88. The van der Waals surface area contributed by atoms with Gasteiger partial charge >= 0.3 is 6.02 Å². The number of amidine groups is 1. The fourth-order valence-corrected chi connectivity index (χ4v) is 1.20. The van der Waals surface area contributed by atoms with E-state index in [1.54, 1.807) is 0 Å². The van der Waals surface area contributed by atoms with E-state index in [1.807, 2.05) is 6.92 Å². The lowest BCUT2D eigenvalue weighted by atomic mass is 10.3. The Balaban J connectivity index is 2.31. The average Bonchev–Trinajstić information content (AvgIpc) is 2.41. The van der Waals surface area contributed by atoms with Crippen molar-refractivity contribution in [3.05, 3.63) is 0 Å². The Morgan fingerprint density at radius 1 is 1.62 bits per heavy atom. The van der Waals surface area contributed by atoms with Gasteiger partial charge in [0.1, 0.15) is 12.1 Å². The van der Waals surface area contributed by atoms with Crippen LogP contribution in [0.3, 0.4) is 0 Å². The van der Waals surface area contributed by atoms with Crippen LogP contribution in [0.25, 0.3) is 0 Å². The molecule has 0 aromatic rings. The summed E-state index contributed by atoms with van der Waals surface area (Å²) in [4.78, 5) is 15.7. The predicted molar refractivity (Wildman–Crippen MR) is 52.1 cm³/mol. The Hall–Kier alpha value is -1.23. The van der Waals surface area contributed by atoms with E-state index in [2.05, 4.69) is 20.0 Å². The molecule has 2 rings (SSSR count). The molecule has 0 aromatic carbocycles. The van der Waals surface area contributed by atoms with E-state index in [0.29, 0.717) is 12.3 Å². The molecule has 13 heavy (non-hydrogen) atoms. The molecule has 2 aliphatic heterocycles. The molecule has 5 nitrogen and oxygen atoms in total. The average molecular weight is 199 g/mol. The Morgan fingerprint density at radius 2 is 2.46 bits per heavy atom. The molecule has 2 heterocycles. The first-order chi connectivity index (χ1) is 6.24. The van der Waals surface area contributed by atoms with Gasteiger partial charge in [-0.15, -0.1) is 0 Å². The lowest BCUT2D eigenvalue weighted by Crippen LogP contribution is -2.28. The topological polar surface area (TPSA) is 58.7 Å². The standard InChI is InChI=1S/C7H7ClN4O/c1-2-13-6-11-5-3-9-4-10-7(5,8)12-6/h3-4H,2H2,1H3. The molecule has 0 aromatic heterocycles. The van der Waals surface area contributed by atoms with Crippen molar-refractivity contribution < 1.29 is 4.74 Å². The van der Waals surface area contributed by atoms with E-state index < -0.39 is 5.12 Å². The zero-order chi connectivity index (χ0) is 9.31. The summed E-state index contributed by atoms with van der Waals surface area (Å²) in [5.74, 6) is 0. The largest absolute Gasteiger partial charge is 0.464 e. The smallest absolute Gasteiger partial charge is 0.315 e. The minimum absolute atomic E-state index is 0.262. The third-order valence-corrected chi connectivity index (χ3v) is 1.93. The number of hydrogen-bond donors (Lipinski definition) is 0. The fraction of sp³-hybridized carbons (Fsp3) is 0.429. The Morgan fingerprint density at radius 3 is 3.15 bits per heavy atom. The molecule has 1 unspecified atom stereocenters. The van der Waals surface area contributed by atoms with Crippen molar-refractivity contribution in [2.45, 2.75) is 12.0 Å². The number of fused-ring (bicyclic) bond motifs is 1. The van der Waals surface area contributed by atoms with E-state index in [0.717, 1.165) is 0 Å². The van der Waals surface area contributed by atoms with Crippen molar-refractivity contribution >= 4 is 35.9 Å². The van der Waals surface area contributed by atoms with Gasteiger partial charge in [-0.05, 0) is 6.92 Å². The van der Waals surface area contributed by atoms with Gasteiger partial charge in [-0.25, -0.2) is 9.98 Å². The van der Waals surface area contributed by atoms with Gasteiger partial charge < -0.3 is 4.74 Å². The highest BCUT2D eigenvalue weighted by atomic mass is 35.5. The first-order valence-electron chi connectivity index (χ1n) is 3.82. The first kappa shape index (κ1) is 8.37. The Bertz CT molecular complexity index is 346. The van der Waals surface area contributed by atoms with Crippen molar-refractivity contribution in [3.8, 4) is 0 Å². The number of rotatable bonds is 1. The zero-order valence-electron chi connectivity index (χ0n) is 6.94. The lowest BCUT2D eigenvalue weighted by molar-refractivity contribution is 0.322. The summed E-state index contributed by atoms with van der Waals surface area (Å²) in [5.41, 5.74) is 0.500. The molecule has 0 radical (unpaired) electrons. The maximum atomic E-state index is 6.02. The van der Waals surface area contributed by atoms with Crippen LogP contribution in [-0.2, 0) is 4.74 Å². The van der Waals surface area contributed by atoms with Gasteiger partial charge in [0, 0.05) is 0 Å². The lowest BCUT2D eigenvalue weighted by Gasteiger charge is -2.13. The van der Waals surface area contributed by atoms with Crippen LogP contribution in [0.5, 0.6) is 0 Å². The fourth-order valence-electron chi connectivity index (χ4n) is 0.997.